The van der Waals surface area contributed by atoms with Gasteiger partial charge >= 0.3 is 0 Å². The lowest BCUT2D eigenvalue weighted by Crippen LogP contribution is -2.27. The molecule has 1 N–H and O–H groups in total. The fourth-order valence-corrected chi connectivity index (χ4v) is 3.99. The molecule has 3 rings (SSSR count). The number of nitrogens with one attached hydrogen (secondary N) is 1. The molecule has 1 atom stereocenters. The zero-order valence-corrected chi connectivity index (χ0v) is 18.6. The summed E-state index contributed by atoms with van der Waals surface area (Å²) in [7, 11) is 0. The Morgan fingerprint density at radius 1 is 1.20 bits per heavy atom. The Balaban J connectivity index is 1.52. The van der Waals surface area contributed by atoms with E-state index in [9.17, 15) is 4.79 Å². The maximum atomic E-state index is 12.2. The minimum absolute atomic E-state index is 0.0219. The average Bonchev–Trinajstić information content (AvgIpc) is 3.16. The first kappa shape index (κ1) is 22.2. The number of thioether (sulfide) groups is 1. The van der Waals surface area contributed by atoms with Crippen LogP contribution >= 0.6 is 23.4 Å². The second kappa shape index (κ2) is 11.0. The second-order valence-corrected chi connectivity index (χ2v) is 8.06. The molecule has 2 aromatic carbocycles. The summed E-state index contributed by atoms with van der Waals surface area (Å²) in [5.41, 5.74) is 1.20. The van der Waals surface area contributed by atoms with Crippen molar-refractivity contribution in [2.75, 3.05) is 12.3 Å². The Hall–Kier alpha value is -2.51. The standard InChI is InChI=1S/C22H25ClN4O2S/c1-3-27-21(16(2)29-19-11-7-10-18(23)14-19)25-26-22(27)30-15-20(28)24-13-12-17-8-5-4-6-9-17/h4-11,14,16H,3,12-13,15H2,1-2H3,(H,24,28). The number of ether oxygens (including phenoxy) is 1. The third-order valence-corrected chi connectivity index (χ3v) is 5.65. The van der Waals surface area contributed by atoms with E-state index >= 15 is 0 Å². The van der Waals surface area contributed by atoms with E-state index in [1.54, 1.807) is 12.1 Å². The summed E-state index contributed by atoms with van der Waals surface area (Å²) in [6.07, 6.45) is 0.509. The van der Waals surface area contributed by atoms with Crippen molar-refractivity contribution >= 4 is 29.3 Å². The Morgan fingerprint density at radius 2 is 2.00 bits per heavy atom. The molecule has 1 heterocycles. The third-order valence-electron chi connectivity index (χ3n) is 4.45. The van der Waals surface area contributed by atoms with Gasteiger partial charge in [-0.05, 0) is 44.0 Å². The summed E-state index contributed by atoms with van der Waals surface area (Å²) in [5.74, 6) is 1.65. The molecule has 0 fully saturated rings. The Bertz CT molecular complexity index is 965. The Morgan fingerprint density at radius 3 is 2.73 bits per heavy atom. The quantitative estimate of drug-likeness (QED) is 0.465. The van der Waals surface area contributed by atoms with Gasteiger partial charge in [0, 0.05) is 18.1 Å². The first-order valence-corrected chi connectivity index (χ1v) is 11.2. The van der Waals surface area contributed by atoms with Crippen LogP contribution < -0.4 is 10.1 Å². The van der Waals surface area contributed by atoms with Crippen LogP contribution in [0.3, 0.4) is 0 Å². The van der Waals surface area contributed by atoms with Crippen LogP contribution in [-0.2, 0) is 17.8 Å². The summed E-state index contributed by atoms with van der Waals surface area (Å²) in [6, 6.07) is 17.3. The number of carbonyl (C=O) groups excluding carboxylic acids is 1. The van der Waals surface area contributed by atoms with Crippen LogP contribution in [0, 0.1) is 0 Å². The molecule has 0 aliphatic carbocycles. The zero-order chi connectivity index (χ0) is 21.3. The highest BCUT2D eigenvalue weighted by Crippen LogP contribution is 2.26. The number of hydrogen-bond acceptors (Lipinski definition) is 5. The molecule has 0 aliphatic heterocycles. The molecule has 1 amide bonds. The van der Waals surface area contributed by atoms with Crippen LogP contribution in [-0.4, -0.2) is 33.0 Å². The zero-order valence-electron chi connectivity index (χ0n) is 17.0. The summed E-state index contributed by atoms with van der Waals surface area (Å²) in [4.78, 5) is 12.2. The van der Waals surface area contributed by atoms with Gasteiger partial charge in [0.2, 0.25) is 5.91 Å². The second-order valence-electron chi connectivity index (χ2n) is 6.68. The van der Waals surface area contributed by atoms with Crippen LogP contribution in [0.25, 0.3) is 0 Å². The number of rotatable bonds is 10. The van der Waals surface area contributed by atoms with Crippen molar-refractivity contribution in [2.45, 2.75) is 38.1 Å². The van der Waals surface area contributed by atoms with Gasteiger partial charge in [0.1, 0.15) is 5.75 Å². The highest BCUT2D eigenvalue weighted by Gasteiger charge is 2.19. The maximum absolute atomic E-state index is 12.2. The molecule has 0 spiro atoms. The largest absolute Gasteiger partial charge is 0.483 e. The van der Waals surface area contributed by atoms with Crippen molar-refractivity contribution in [3.05, 3.63) is 71.0 Å². The minimum Gasteiger partial charge on any atom is -0.483 e. The van der Waals surface area contributed by atoms with E-state index in [1.165, 1.54) is 17.3 Å². The SMILES string of the molecule is CCn1c(SCC(=O)NCCc2ccccc2)nnc1C(C)Oc1cccc(Cl)c1. The van der Waals surface area contributed by atoms with Crippen LogP contribution in [0.1, 0.15) is 31.3 Å². The Labute approximate surface area is 186 Å². The molecule has 0 bridgehead atoms. The predicted octanol–water partition coefficient (Wildman–Crippen LogP) is 4.54. The molecule has 0 saturated heterocycles. The molecule has 158 valence electrons. The van der Waals surface area contributed by atoms with Crippen LogP contribution in [0.2, 0.25) is 5.02 Å². The summed E-state index contributed by atoms with van der Waals surface area (Å²) < 4.78 is 7.93. The predicted molar refractivity (Wildman–Crippen MR) is 120 cm³/mol. The summed E-state index contributed by atoms with van der Waals surface area (Å²) in [6.45, 7) is 5.23. The van der Waals surface area contributed by atoms with E-state index in [-0.39, 0.29) is 17.8 Å². The molecule has 0 saturated carbocycles. The number of halogens is 1. The monoisotopic (exact) mass is 444 g/mol. The van der Waals surface area contributed by atoms with Gasteiger partial charge < -0.3 is 14.6 Å². The van der Waals surface area contributed by atoms with Gasteiger partial charge in [0.25, 0.3) is 0 Å². The molecule has 8 heteroatoms. The number of hydrogen-bond donors (Lipinski definition) is 1. The Kier molecular flexibility index (Phi) is 8.16. The van der Waals surface area contributed by atoms with Gasteiger partial charge in [-0.2, -0.15) is 0 Å². The fraction of sp³-hybridized carbons (Fsp3) is 0.318. The molecular weight excluding hydrogens is 420 g/mol. The van der Waals surface area contributed by atoms with Crippen molar-refractivity contribution in [1.29, 1.82) is 0 Å². The molecule has 30 heavy (non-hydrogen) atoms. The van der Waals surface area contributed by atoms with Gasteiger partial charge in [0.15, 0.2) is 17.1 Å². The molecule has 6 nitrogen and oxygen atoms in total. The first-order chi connectivity index (χ1) is 14.6. The number of amides is 1. The molecule has 0 aliphatic rings. The number of carbonyl (C=O) groups is 1. The van der Waals surface area contributed by atoms with Crippen molar-refractivity contribution < 1.29 is 9.53 Å². The van der Waals surface area contributed by atoms with Crippen molar-refractivity contribution in [3.8, 4) is 5.75 Å². The van der Waals surface area contributed by atoms with Gasteiger partial charge in [-0.25, -0.2) is 0 Å². The van der Waals surface area contributed by atoms with E-state index in [0.717, 1.165) is 6.42 Å². The normalized spacial score (nSPS) is 11.8. The van der Waals surface area contributed by atoms with E-state index in [4.69, 9.17) is 16.3 Å². The smallest absolute Gasteiger partial charge is 0.230 e. The third kappa shape index (κ3) is 6.24. The maximum Gasteiger partial charge on any atom is 0.230 e. The molecule has 1 aromatic heterocycles. The van der Waals surface area contributed by atoms with Crippen LogP contribution in [0.4, 0.5) is 0 Å². The number of nitrogens with zero attached hydrogens (tertiary/aromatic N) is 3. The summed E-state index contributed by atoms with van der Waals surface area (Å²) in [5, 5.41) is 12.8. The van der Waals surface area contributed by atoms with Crippen molar-refractivity contribution in [3.63, 3.8) is 0 Å². The van der Waals surface area contributed by atoms with Gasteiger partial charge in [0.05, 0.1) is 5.75 Å². The van der Waals surface area contributed by atoms with E-state index in [1.807, 2.05) is 48.7 Å². The highest BCUT2D eigenvalue weighted by molar-refractivity contribution is 7.99. The lowest BCUT2D eigenvalue weighted by atomic mass is 10.1. The lowest BCUT2D eigenvalue weighted by Gasteiger charge is -2.15. The first-order valence-electron chi connectivity index (χ1n) is 9.85. The number of aromatic nitrogens is 3. The van der Waals surface area contributed by atoms with Crippen molar-refractivity contribution in [2.24, 2.45) is 0 Å². The fourth-order valence-electron chi connectivity index (χ4n) is 2.97. The van der Waals surface area contributed by atoms with Gasteiger partial charge in [-0.1, -0.05) is 59.8 Å². The summed E-state index contributed by atoms with van der Waals surface area (Å²) >= 11 is 7.40. The van der Waals surface area contributed by atoms with E-state index in [0.29, 0.717) is 34.8 Å². The minimum atomic E-state index is -0.301. The van der Waals surface area contributed by atoms with E-state index < -0.39 is 0 Å². The molecular formula is C22H25ClN4O2S. The topological polar surface area (TPSA) is 69.0 Å². The van der Waals surface area contributed by atoms with Crippen LogP contribution in [0.5, 0.6) is 5.75 Å². The number of benzene rings is 2. The van der Waals surface area contributed by atoms with Gasteiger partial charge in [-0.15, -0.1) is 10.2 Å². The molecule has 3 aromatic rings. The molecule has 0 radical (unpaired) electrons. The lowest BCUT2D eigenvalue weighted by molar-refractivity contribution is -0.118. The molecule has 1 unspecified atom stereocenters. The van der Waals surface area contributed by atoms with Gasteiger partial charge in [-0.3, -0.25) is 4.79 Å². The average molecular weight is 445 g/mol. The van der Waals surface area contributed by atoms with Crippen molar-refractivity contribution in [1.82, 2.24) is 20.1 Å². The van der Waals surface area contributed by atoms with E-state index in [2.05, 4.69) is 27.6 Å². The highest BCUT2D eigenvalue weighted by atomic mass is 35.5. The van der Waals surface area contributed by atoms with Crippen LogP contribution in [0.15, 0.2) is 59.8 Å².